The molecule has 4 heteroatoms. The van der Waals surface area contributed by atoms with Gasteiger partial charge in [-0.05, 0) is 83.4 Å². The second kappa shape index (κ2) is 11.4. The quantitative estimate of drug-likeness (QED) is 0.196. The summed E-state index contributed by atoms with van der Waals surface area (Å²) in [5, 5.41) is 8.42. The summed E-state index contributed by atoms with van der Waals surface area (Å²) in [6, 6.07) is 36.6. The van der Waals surface area contributed by atoms with Crippen molar-refractivity contribution >= 4 is 33.9 Å². The number of anilines is 1. The minimum absolute atomic E-state index is 0.0573. The highest BCUT2D eigenvalue weighted by atomic mass is 15.0. The van der Waals surface area contributed by atoms with E-state index < -0.39 is 0 Å². The first-order chi connectivity index (χ1) is 21.2. The fourth-order valence-corrected chi connectivity index (χ4v) is 6.09. The Morgan fingerprint density at radius 3 is 2.35 bits per heavy atom. The minimum Gasteiger partial charge on any atom is -0.396 e. The molecule has 210 valence electrons. The lowest BCUT2D eigenvalue weighted by Gasteiger charge is -2.31. The topological polar surface area (TPSA) is 55.0 Å². The molecule has 0 saturated heterocycles. The van der Waals surface area contributed by atoms with E-state index in [0.29, 0.717) is 0 Å². The van der Waals surface area contributed by atoms with Crippen molar-refractivity contribution in [2.75, 3.05) is 5.73 Å². The number of rotatable bonds is 6. The first-order valence-electron chi connectivity index (χ1n) is 14.8. The van der Waals surface area contributed by atoms with Gasteiger partial charge in [0.15, 0.2) is 0 Å². The van der Waals surface area contributed by atoms with Gasteiger partial charge >= 0.3 is 0 Å². The van der Waals surface area contributed by atoms with Crippen LogP contribution in [0.1, 0.15) is 23.7 Å². The van der Waals surface area contributed by atoms with E-state index in [9.17, 15) is 0 Å². The number of hydrogen-bond donors (Lipinski definition) is 3. The average Bonchev–Trinajstić information content (AvgIpc) is 3.36. The van der Waals surface area contributed by atoms with E-state index in [1.165, 1.54) is 22.3 Å². The lowest BCUT2D eigenvalue weighted by atomic mass is 9.91. The zero-order valence-corrected chi connectivity index (χ0v) is 24.1. The monoisotopic (exact) mass is 558 g/mol. The highest BCUT2D eigenvalue weighted by Gasteiger charge is 2.24. The molecule has 0 aliphatic carbocycles. The van der Waals surface area contributed by atoms with E-state index in [4.69, 9.17) is 5.73 Å². The zero-order valence-electron chi connectivity index (χ0n) is 24.1. The third kappa shape index (κ3) is 5.08. The summed E-state index contributed by atoms with van der Waals surface area (Å²) in [6.07, 6.45) is 17.1. The van der Waals surface area contributed by atoms with E-state index >= 15 is 0 Å². The Kier molecular flexibility index (Phi) is 7.02. The van der Waals surface area contributed by atoms with Crippen molar-refractivity contribution in [1.29, 1.82) is 0 Å². The molecule has 2 aliphatic rings. The van der Waals surface area contributed by atoms with Crippen molar-refractivity contribution in [3.63, 3.8) is 0 Å². The average molecular weight is 559 g/mol. The van der Waals surface area contributed by atoms with Gasteiger partial charge in [-0.1, -0.05) is 103 Å². The summed E-state index contributed by atoms with van der Waals surface area (Å²) >= 11 is 0. The Morgan fingerprint density at radius 1 is 0.744 bits per heavy atom. The van der Waals surface area contributed by atoms with Crippen molar-refractivity contribution in [3.05, 3.63) is 163 Å². The van der Waals surface area contributed by atoms with Crippen LogP contribution in [0.5, 0.6) is 0 Å². The number of hydrogen-bond acceptors (Lipinski definition) is 3. The summed E-state index contributed by atoms with van der Waals surface area (Å²) in [6.45, 7) is 2.03. The molecule has 0 spiro atoms. The lowest BCUT2D eigenvalue weighted by molar-refractivity contribution is 0.568. The summed E-state index contributed by atoms with van der Waals surface area (Å²) in [5.74, 6) is 0. The number of nitrogens with two attached hydrogens (primary N) is 1. The summed E-state index contributed by atoms with van der Waals surface area (Å²) in [4.78, 5) is 0. The second-order valence-corrected chi connectivity index (χ2v) is 10.9. The van der Waals surface area contributed by atoms with Gasteiger partial charge in [0.2, 0.25) is 0 Å². The van der Waals surface area contributed by atoms with Crippen LogP contribution < -0.4 is 16.4 Å². The molecule has 2 atom stereocenters. The molecule has 4 N–H and O–H groups in total. The van der Waals surface area contributed by atoms with Crippen molar-refractivity contribution in [1.82, 2.24) is 15.2 Å². The Hall–Kier alpha value is -5.48. The van der Waals surface area contributed by atoms with E-state index in [2.05, 4.69) is 143 Å². The van der Waals surface area contributed by atoms with E-state index in [-0.39, 0.29) is 12.1 Å². The van der Waals surface area contributed by atoms with Gasteiger partial charge in [-0.25, -0.2) is 0 Å². The van der Waals surface area contributed by atoms with E-state index in [1.807, 2.05) is 31.3 Å². The maximum atomic E-state index is 6.66. The second-order valence-electron chi connectivity index (χ2n) is 10.9. The molecule has 2 aliphatic heterocycles. The number of fused-ring (bicyclic) bond motifs is 1. The van der Waals surface area contributed by atoms with Crippen LogP contribution >= 0.6 is 0 Å². The molecule has 2 unspecified atom stereocenters. The summed E-state index contributed by atoms with van der Waals surface area (Å²) < 4.78 is 2.26. The molecule has 3 heterocycles. The van der Waals surface area contributed by atoms with Gasteiger partial charge in [0.1, 0.15) is 0 Å². The number of allylic oxidation sites excluding steroid dienone is 5. The number of benzene rings is 4. The van der Waals surface area contributed by atoms with Crippen LogP contribution in [-0.2, 0) is 0 Å². The number of nitrogen functional groups attached to an aromatic ring is 1. The van der Waals surface area contributed by atoms with Gasteiger partial charge in [0, 0.05) is 16.8 Å². The molecule has 1 aromatic heterocycles. The molecule has 0 saturated carbocycles. The minimum atomic E-state index is 0.0573. The van der Waals surface area contributed by atoms with Crippen LogP contribution in [0.2, 0.25) is 0 Å². The zero-order chi connectivity index (χ0) is 29.2. The Labute approximate surface area is 252 Å². The van der Waals surface area contributed by atoms with Crippen LogP contribution in [0.15, 0.2) is 146 Å². The molecule has 5 aromatic rings. The van der Waals surface area contributed by atoms with Crippen LogP contribution in [0.3, 0.4) is 0 Å². The Bertz CT molecular complexity index is 1950. The van der Waals surface area contributed by atoms with Crippen LogP contribution in [0, 0.1) is 0 Å². The number of nitrogens with one attached hydrogen (secondary N) is 2. The van der Waals surface area contributed by atoms with Gasteiger partial charge in [0.05, 0.1) is 29.0 Å². The van der Waals surface area contributed by atoms with Crippen molar-refractivity contribution in [2.45, 2.75) is 19.0 Å². The first kappa shape index (κ1) is 26.4. The molecule has 43 heavy (non-hydrogen) atoms. The van der Waals surface area contributed by atoms with E-state index in [0.717, 1.165) is 39.2 Å². The highest BCUT2D eigenvalue weighted by Crippen LogP contribution is 2.35. The van der Waals surface area contributed by atoms with Gasteiger partial charge in [0.25, 0.3) is 0 Å². The Morgan fingerprint density at radius 2 is 1.51 bits per heavy atom. The lowest BCUT2D eigenvalue weighted by Crippen LogP contribution is -2.45. The summed E-state index contributed by atoms with van der Waals surface area (Å²) in [7, 11) is 0. The third-order valence-electron chi connectivity index (χ3n) is 8.18. The molecular formula is C39H34N4. The van der Waals surface area contributed by atoms with Crippen molar-refractivity contribution in [2.24, 2.45) is 0 Å². The number of para-hydroxylation sites is 1. The predicted molar refractivity (Wildman–Crippen MR) is 182 cm³/mol. The summed E-state index contributed by atoms with van der Waals surface area (Å²) in [5.41, 5.74) is 17.6. The van der Waals surface area contributed by atoms with Crippen LogP contribution in [0.4, 0.5) is 5.69 Å². The smallest absolute Gasteiger partial charge is 0.0695 e. The SMILES string of the molecule is C/C=C\c1c(N)c2ccccc2n1-c1cccc(C2=CC(c3cccc(-c4ccccc4)c3)=CC(C3C=CC=CN3)N2)c1. The van der Waals surface area contributed by atoms with Gasteiger partial charge < -0.3 is 20.9 Å². The van der Waals surface area contributed by atoms with Crippen molar-refractivity contribution in [3.8, 4) is 16.8 Å². The predicted octanol–water partition coefficient (Wildman–Crippen LogP) is 8.35. The highest BCUT2D eigenvalue weighted by molar-refractivity contribution is 5.98. The number of nitrogens with zero attached hydrogens (tertiary/aromatic N) is 1. The van der Waals surface area contributed by atoms with Gasteiger partial charge in [-0.15, -0.1) is 0 Å². The largest absolute Gasteiger partial charge is 0.396 e. The Balaban J connectivity index is 1.33. The van der Waals surface area contributed by atoms with E-state index in [1.54, 1.807) is 0 Å². The molecule has 0 fully saturated rings. The van der Waals surface area contributed by atoms with Crippen LogP contribution in [-0.4, -0.2) is 16.7 Å². The van der Waals surface area contributed by atoms with Gasteiger partial charge in [-0.2, -0.15) is 0 Å². The molecule has 4 nitrogen and oxygen atoms in total. The fourth-order valence-electron chi connectivity index (χ4n) is 6.09. The molecule has 0 amide bonds. The molecular weight excluding hydrogens is 524 g/mol. The van der Waals surface area contributed by atoms with Gasteiger partial charge in [-0.3, -0.25) is 0 Å². The maximum absolute atomic E-state index is 6.66. The third-order valence-corrected chi connectivity index (χ3v) is 8.18. The molecule has 7 rings (SSSR count). The molecule has 4 aromatic carbocycles. The maximum Gasteiger partial charge on any atom is 0.0695 e. The normalized spacial score (nSPS) is 17.9. The fraction of sp³-hybridized carbons (Fsp3) is 0.0769. The first-order valence-corrected chi connectivity index (χ1v) is 14.8. The molecule has 0 radical (unpaired) electrons. The van der Waals surface area contributed by atoms with Crippen molar-refractivity contribution < 1.29 is 0 Å². The molecule has 0 bridgehead atoms. The number of dihydropyridines is 2. The number of aromatic nitrogens is 1. The van der Waals surface area contributed by atoms with Crippen LogP contribution in [0.25, 0.3) is 45.1 Å². The standard InChI is InChI=1S/C39H34N4/c1-2-12-38-39(40)33-19-6-7-21-37(33)43(38)32-18-11-17-30(24-32)35-25-31(26-36(42-35)34-20-8-9-22-41-34)29-16-10-15-28(23-29)27-13-4-3-5-14-27/h2-26,34,36,41-42H,40H2,1H3/b12-2-.